The maximum absolute atomic E-state index is 13.2. The van der Waals surface area contributed by atoms with Crippen molar-refractivity contribution in [3.8, 4) is 0 Å². The van der Waals surface area contributed by atoms with Crippen LogP contribution in [0.15, 0.2) is 48.5 Å². The molecule has 1 saturated heterocycles. The van der Waals surface area contributed by atoms with Gasteiger partial charge in [-0.15, -0.1) is 0 Å². The number of hydrogen-bond acceptors (Lipinski definition) is 3. The number of carbonyl (C=O) groups excluding carboxylic acids is 1. The molecule has 5 nitrogen and oxygen atoms in total. The molecule has 0 spiro atoms. The summed E-state index contributed by atoms with van der Waals surface area (Å²) in [7, 11) is 0. The number of rotatable bonds is 5. The number of hydrogen-bond donors (Lipinski definition) is 2. The van der Waals surface area contributed by atoms with Gasteiger partial charge in [-0.3, -0.25) is 4.79 Å². The van der Waals surface area contributed by atoms with E-state index < -0.39 is 17.8 Å². The SMILES string of the molecule is O=C1CCCN1CC(Nc1nc2ccccc2[nH]1)c1cccc(C(F)(F)F)c1. The number of alkyl halides is 3. The maximum Gasteiger partial charge on any atom is 0.416 e. The quantitative estimate of drug-likeness (QED) is 0.683. The van der Waals surface area contributed by atoms with Gasteiger partial charge in [0.1, 0.15) is 0 Å². The predicted octanol–water partition coefficient (Wildman–Crippen LogP) is 4.36. The summed E-state index contributed by atoms with van der Waals surface area (Å²) in [5, 5.41) is 3.18. The molecule has 2 heterocycles. The summed E-state index contributed by atoms with van der Waals surface area (Å²) in [4.78, 5) is 21.3. The van der Waals surface area contributed by atoms with Crippen LogP contribution in [-0.4, -0.2) is 33.9 Å². The van der Waals surface area contributed by atoms with E-state index in [0.717, 1.165) is 29.6 Å². The second-order valence-electron chi connectivity index (χ2n) is 6.87. The van der Waals surface area contributed by atoms with Gasteiger partial charge >= 0.3 is 6.18 Å². The second kappa shape index (κ2) is 7.18. The van der Waals surface area contributed by atoms with Gasteiger partial charge in [-0.2, -0.15) is 13.2 Å². The molecule has 28 heavy (non-hydrogen) atoms. The fraction of sp³-hybridized carbons (Fsp3) is 0.300. The minimum absolute atomic E-state index is 0.0170. The molecular formula is C20H19F3N4O. The fourth-order valence-electron chi connectivity index (χ4n) is 3.47. The molecule has 0 bridgehead atoms. The zero-order chi connectivity index (χ0) is 19.7. The minimum atomic E-state index is -4.43. The number of nitrogens with one attached hydrogen (secondary N) is 2. The Labute approximate surface area is 159 Å². The molecule has 8 heteroatoms. The van der Waals surface area contributed by atoms with Crippen molar-refractivity contribution in [2.75, 3.05) is 18.4 Å². The highest BCUT2D eigenvalue weighted by molar-refractivity contribution is 5.78. The number of halogens is 3. The minimum Gasteiger partial charge on any atom is -0.347 e. The average molecular weight is 388 g/mol. The van der Waals surface area contributed by atoms with Crippen LogP contribution in [0.25, 0.3) is 11.0 Å². The number of H-pyrrole nitrogens is 1. The summed E-state index contributed by atoms with van der Waals surface area (Å²) < 4.78 is 39.5. The number of nitrogens with zero attached hydrogens (tertiary/aromatic N) is 2. The highest BCUT2D eigenvalue weighted by atomic mass is 19.4. The zero-order valence-corrected chi connectivity index (χ0v) is 15.0. The first kappa shape index (κ1) is 18.3. The van der Waals surface area contributed by atoms with Crippen molar-refractivity contribution in [3.63, 3.8) is 0 Å². The van der Waals surface area contributed by atoms with Crippen molar-refractivity contribution < 1.29 is 18.0 Å². The van der Waals surface area contributed by atoms with E-state index in [4.69, 9.17) is 0 Å². The van der Waals surface area contributed by atoms with Crippen molar-refractivity contribution in [1.29, 1.82) is 0 Å². The lowest BCUT2D eigenvalue weighted by atomic mass is 10.0. The molecule has 1 fully saturated rings. The van der Waals surface area contributed by atoms with Crippen LogP contribution >= 0.6 is 0 Å². The maximum atomic E-state index is 13.2. The number of carbonyl (C=O) groups is 1. The lowest BCUT2D eigenvalue weighted by Gasteiger charge is -2.25. The third kappa shape index (κ3) is 3.81. The van der Waals surface area contributed by atoms with E-state index in [1.165, 1.54) is 6.07 Å². The Bertz CT molecular complexity index is 965. The Morgan fingerprint density at radius 3 is 2.71 bits per heavy atom. The summed E-state index contributed by atoms with van der Waals surface area (Å²) in [5.74, 6) is 0.471. The lowest BCUT2D eigenvalue weighted by Crippen LogP contribution is -2.33. The van der Waals surface area contributed by atoms with E-state index in [-0.39, 0.29) is 12.5 Å². The summed E-state index contributed by atoms with van der Waals surface area (Å²) in [6.07, 6.45) is -3.19. The zero-order valence-electron chi connectivity index (χ0n) is 15.0. The van der Waals surface area contributed by atoms with Crippen LogP contribution in [0.3, 0.4) is 0 Å². The van der Waals surface area contributed by atoms with Crippen LogP contribution in [-0.2, 0) is 11.0 Å². The van der Waals surface area contributed by atoms with Gasteiger partial charge in [0.2, 0.25) is 11.9 Å². The fourth-order valence-corrected chi connectivity index (χ4v) is 3.47. The molecule has 3 aromatic rings. The van der Waals surface area contributed by atoms with Gasteiger partial charge in [0.15, 0.2) is 0 Å². The largest absolute Gasteiger partial charge is 0.416 e. The van der Waals surface area contributed by atoms with E-state index >= 15 is 0 Å². The number of benzene rings is 2. The third-order valence-corrected chi connectivity index (χ3v) is 4.89. The van der Waals surface area contributed by atoms with Crippen molar-refractivity contribution >= 4 is 22.9 Å². The van der Waals surface area contributed by atoms with Crippen LogP contribution in [0.1, 0.15) is 30.0 Å². The van der Waals surface area contributed by atoms with Gasteiger partial charge < -0.3 is 15.2 Å². The second-order valence-corrected chi connectivity index (χ2v) is 6.87. The number of anilines is 1. The molecule has 1 aromatic heterocycles. The van der Waals surface area contributed by atoms with E-state index in [0.29, 0.717) is 24.5 Å². The first-order chi connectivity index (χ1) is 13.4. The van der Waals surface area contributed by atoms with Gasteiger partial charge in [-0.1, -0.05) is 24.3 Å². The molecule has 4 rings (SSSR count). The van der Waals surface area contributed by atoms with Crippen molar-refractivity contribution in [2.24, 2.45) is 0 Å². The molecule has 1 unspecified atom stereocenters. The normalized spacial score (nSPS) is 16.0. The first-order valence-electron chi connectivity index (χ1n) is 9.06. The van der Waals surface area contributed by atoms with Gasteiger partial charge in [-0.25, -0.2) is 4.98 Å². The Hall–Kier alpha value is -3.03. The number of aromatic nitrogens is 2. The van der Waals surface area contributed by atoms with Gasteiger partial charge in [-0.05, 0) is 36.2 Å². The van der Waals surface area contributed by atoms with Crippen LogP contribution < -0.4 is 5.32 Å². The van der Waals surface area contributed by atoms with Crippen molar-refractivity contribution in [2.45, 2.75) is 25.1 Å². The van der Waals surface area contributed by atoms with E-state index in [9.17, 15) is 18.0 Å². The number of aromatic amines is 1. The van der Waals surface area contributed by atoms with Crippen LogP contribution in [0.2, 0.25) is 0 Å². The number of likely N-dealkylation sites (tertiary alicyclic amines) is 1. The molecule has 0 radical (unpaired) electrons. The third-order valence-electron chi connectivity index (χ3n) is 4.89. The van der Waals surface area contributed by atoms with E-state index in [1.54, 1.807) is 11.0 Å². The van der Waals surface area contributed by atoms with Crippen molar-refractivity contribution in [3.05, 3.63) is 59.7 Å². The van der Waals surface area contributed by atoms with E-state index in [1.807, 2.05) is 24.3 Å². The summed E-state index contributed by atoms with van der Waals surface area (Å²) in [6.45, 7) is 0.882. The Balaban J connectivity index is 1.66. The molecule has 1 atom stereocenters. The van der Waals surface area contributed by atoms with Gasteiger partial charge in [0.25, 0.3) is 0 Å². The molecule has 1 amide bonds. The van der Waals surface area contributed by atoms with Gasteiger partial charge in [0, 0.05) is 19.5 Å². The lowest BCUT2D eigenvalue weighted by molar-refractivity contribution is -0.137. The predicted molar refractivity (Wildman–Crippen MR) is 99.7 cm³/mol. The Morgan fingerprint density at radius 1 is 1.18 bits per heavy atom. The monoisotopic (exact) mass is 388 g/mol. The van der Waals surface area contributed by atoms with Crippen LogP contribution in [0.4, 0.5) is 19.1 Å². The number of imidazole rings is 1. The van der Waals surface area contributed by atoms with E-state index in [2.05, 4.69) is 15.3 Å². The average Bonchev–Trinajstić information content (AvgIpc) is 3.26. The number of para-hydroxylation sites is 2. The molecule has 0 saturated carbocycles. The Morgan fingerprint density at radius 2 is 2.00 bits per heavy atom. The summed E-state index contributed by atoms with van der Waals surface area (Å²) in [5.41, 5.74) is 1.32. The van der Waals surface area contributed by atoms with Crippen LogP contribution in [0.5, 0.6) is 0 Å². The molecule has 2 aromatic carbocycles. The first-order valence-corrected chi connectivity index (χ1v) is 9.06. The molecule has 1 aliphatic heterocycles. The smallest absolute Gasteiger partial charge is 0.347 e. The van der Waals surface area contributed by atoms with Gasteiger partial charge in [0.05, 0.1) is 22.6 Å². The summed E-state index contributed by atoms with van der Waals surface area (Å²) >= 11 is 0. The number of fused-ring (bicyclic) bond motifs is 1. The Kier molecular flexibility index (Phi) is 4.70. The van der Waals surface area contributed by atoms with Crippen LogP contribution in [0, 0.1) is 0 Å². The molecule has 146 valence electrons. The molecule has 1 aliphatic rings. The summed E-state index contributed by atoms with van der Waals surface area (Å²) in [6, 6.07) is 12.1. The number of amides is 1. The molecular weight excluding hydrogens is 369 g/mol. The van der Waals surface area contributed by atoms with Crippen molar-refractivity contribution in [1.82, 2.24) is 14.9 Å². The highest BCUT2D eigenvalue weighted by Gasteiger charge is 2.32. The molecule has 0 aliphatic carbocycles. The standard InChI is InChI=1S/C20H19F3N4O/c21-20(22,23)14-6-3-5-13(11-14)17(12-27-10-4-9-18(27)28)26-19-24-15-7-1-2-8-16(15)25-19/h1-3,5-8,11,17H,4,9-10,12H2,(H2,24,25,26). The topological polar surface area (TPSA) is 61.0 Å². The highest BCUT2D eigenvalue weighted by Crippen LogP contribution is 2.32. The molecule has 2 N–H and O–H groups in total.